The van der Waals surface area contributed by atoms with Gasteiger partial charge in [0.2, 0.25) is 0 Å². The topological polar surface area (TPSA) is 32.3 Å². The first-order valence-electron chi connectivity index (χ1n) is 5.46. The first-order chi connectivity index (χ1) is 8.04. The predicted molar refractivity (Wildman–Crippen MR) is 74.7 cm³/mol. The van der Waals surface area contributed by atoms with Gasteiger partial charge in [-0.1, -0.05) is 18.5 Å². The van der Waals surface area contributed by atoms with E-state index in [1.165, 1.54) is 0 Å². The van der Waals surface area contributed by atoms with Crippen molar-refractivity contribution < 1.29 is 4.79 Å². The molecule has 0 aliphatic heterocycles. The number of halogens is 2. The van der Waals surface area contributed by atoms with Gasteiger partial charge in [-0.3, -0.25) is 4.79 Å². The molecule has 1 N–H and O–H groups in total. The Bertz CT molecular complexity index is 398. The molecule has 0 radical (unpaired) electrons. The molecule has 94 valence electrons. The van der Waals surface area contributed by atoms with Crippen LogP contribution in [0.5, 0.6) is 0 Å². The highest BCUT2D eigenvalue weighted by atomic mass is 79.9. The number of carbonyl (C=O) groups excluding carboxylic acids is 1. The summed E-state index contributed by atoms with van der Waals surface area (Å²) in [5, 5.41) is 3.47. The van der Waals surface area contributed by atoms with Crippen LogP contribution in [0.1, 0.15) is 17.3 Å². The molecule has 1 amide bonds. The summed E-state index contributed by atoms with van der Waals surface area (Å²) in [7, 11) is 2.02. The molecule has 0 aromatic heterocycles. The largest absolute Gasteiger partial charge is 0.351 e. The minimum atomic E-state index is -0.0770. The van der Waals surface area contributed by atoms with E-state index in [1.54, 1.807) is 18.2 Å². The number of likely N-dealkylation sites (N-methyl/N-ethyl adjacent to an activating group) is 1. The molecule has 0 saturated carbocycles. The highest BCUT2D eigenvalue weighted by molar-refractivity contribution is 9.10. The van der Waals surface area contributed by atoms with E-state index in [-0.39, 0.29) is 5.91 Å². The molecule has 3 nitrogen and oxygen atoms in total. The van der Waals surface area contributed by atoms with Crippen molar-refractivity contribution in [2.75, 3.05) is 26.7 Å². The van der Waals surface area contributed by atoms with Gasteiger partial charge in [-0.05, 0) is 47.7 Å². The Labute approximate surface area is 115 Å². The minimum Gasteiger partial charge on any atom is -0.351 e. The molecule has 0 unspecified atom stereocenters. The fourth-order valence-corrected chi connectivity index (χ4v) is 1.75. The Kier molecular flexibility index (Phi) is 5.95. The lowest BCUT2D eigenvalue weighted by atomic mass is 10.2. The van der Waals surface area contributed by atoms with Gasteiger partial charge in [-0.25, -0.2) is 0 Å². The quantitative estimate of drug-likeness (QED) is 0.905. The lowest BCUT2D eigenvalue weighted by molar-refractivity contribution is 0.0950. The van der Waals surface area contributed by atoms with Crippen molar-refractivity contribution in [3.63, 3.8) is 0 Å². The molecule has 0 fully saturated rings. The van der Waals surface area contributed by atoms with Gasteiger partial charge in [-0.15, -0.1) is 0 Å². The van der Waals surface area contributed by atoms with Gasteiger partial charge in [0.05, 0.1) is 5.02 Å². The van der Waals surface area contributed by atoms with Crippen LogP contribution in [-0.2, 0) is 0 Å². The molecule has 0 aliphatic carbocycles. The Morgan fingerprint density at radius 1 is 1.53 bits per heavy atom. The second-order valence-corrected chi connectivity index (χ2v) is 5.04. The minimum absolute atomic E-state index is 0.0770. The first-order valence-corrected chi connectivity index (χ1v) is 6.63. The van der Waals surface area contributed by atoms with E-state index >= 15 is 0 Å². The normalized spacial score (nSPS) is 10.6. The van der Waals surface area contributed by atoms with Crippen LogP contribution < -0.4 is 5.32 Å². The molecule has 1 aromatic carbocycles. The number of nitrogens with zero attached hydrogens (tertiary/aromatic N) is 1. The van der Waals surface area contributed by atoms with Gasteiger partial charge in [0.15, 0.2) is 0 Å². The molecular formula is C12H16BrClN2O. The monoisotopic (exact) mass is 318 g/mol. The molecule has 0 atom stereocenters. The van der Waals surface area contributed by atoms with Gasteiger partial charge in [0, 0.05) is 23.1 Å². The van der Waals surface area contributed by atoms with Gasteiger partial charge in [-0.2, -0.15) is 0 Å². The van der Waals surface area contributed by atoms with E-state index in [1.807, 2.05) is 7.05 Å². The number of benzene rings is 1. The average Bonchev–Trinajstić information content (AvgIpc) is 2.32. The van der Waals surface area contributed by atoms with E-state index in [9.17, 15) is 4.79 Å². The molecule has 0 heterocycles. The zero-order chi connectivity index (χ0) is 12.8. The van der Waals surface area contributed by atoms with Crippen molar-refractivity contribution in [1.29, 1.82) is 0 Å². The first kappa shape index (κ1) is 14.5. The molecule has 17 heavy (non-hydrogen) atoms. The van der Waals surface area contributed by atoms with Crippen molar-refractivity contribution in [3.8, 4) is 0 Å². The number of carbonyl (C=O) groups is 1. The van der Waals surface area contributed by atoms with Crippen molar-refractivity contribution in [3.05, 3.63) is 33.3 Å². The number of rotatable bonds is 5. The summed E-state index contributed by atoms with van der Waals surface area (Å²) in [6.45, 7) is 4.54. The Morgan fingerprint density at radius 2 is 2.24 bits per heavy atom. The number of hydrogen-bond donors (Lipinski definition) is 1. The van der Waals surface area contributed by atoms with Crippen molar-refractivity contribution in [2.24, 2.45) is 0 Å². The van der Waals surface area contributed by atoms with Crippen LogP contribution in [0.25, 0.3) is 0 Å². The summed E-state index contributed by atoms with van der Waals surface area (Å²) in [6, 6.07) is 5.14. The Balaban J connectivity index is 2.50. The van der Waals surface area contributed by atoms with E-state index in [2.05, 4.69) is 33.1 Å². The maximum atomic E-state index is 11.8. The van der Waals surface area contributed by atoms with Crippen molar-refractivity contribution >= 4 is 33.4 Å². The fourth-order valence-electron chi connectivity index (χ4n) is 1.26. The maximum absolute atomic E-state index is 11.8. The molecular weight excluding hydrogens is 304 g/mol. The lowest BCUT2D eigenvalue weighted by Crippen LogP contribution is -2.32. The summed E-state index contributed by atoms with van der Waals surface area (Å²) in [5.74, 6) is -0.0770. The third-order valence-electron chi connectivity index (χ3n) is 2.50. The van der Waals surface area contributed by atoms with E-state index in [0.29, 0.717) is 17.1 Å². The van der Waals surface area contributed by atoms with Crippen LogP contribution in [0.2, 0.25) is 5.02 Å². The average molecular weight is 320 g/mol. The zero-order valence-corrected chi connectivity index (χ0v) is 12.3. The molecule has 1 aromatic rings. The highest BCUT2D eigenvalue weighted by Crippen LogP contribution is 2.23. The second-order valence-electron chi connectivity index (χ2n) is 3.78. The maximum Gasteiger partial charge on any atom is 0.251 e. The van der Waals surface area contributed by atoms with Crippen LogP contribution >= 0.6 is 27.5 Å². The van der Waals surface area contributed by atoms with Crippen LogP contribution in [0.3, 0.4) is 0 Å². The Hall–Kier alpha value is -0.580. The predicted octanol–water partition coefficient (Wildman–Crippen LogP) is 2.78. The van der Waals surface area contributed by atoms with Crippen LogP contribution in [0.15, 0.2) is 22.7 Å². The fraction of sp³-hybridized carbons (Fsp3) is 0.417. The standard InChI is InChI=1S/C12H16BrClN2O/c1-3-16(2)7-6-15-12(17)9-4-5-11(14)10(13)8-9/h4-5,8H,3,6-7H2,1-2H3,(H,15,17). The van der Waals surface area contributed by atoms with Gasteiger partial charge in [0.1, 0.15) is 0 Å². The molecule has 0 saturated heterocycles. The van der Waals surface area contributed by atoms with E-state index in [4.69, 9.17) is 11.6 Å². The summed E-state index contributed by atoms with van der Waals surface area (Å²) in [5.41, 5.74) is 0.612. The molecule has 0 spiro atoms. The summed E-state index contributed by atoms with van der Waals surface area (Å²) >= 11 is 9.16. The van der Waals surface area contributed by atoms with Crippen molar-refractivity contribution in [2.45, 2.75) is 6.92 Å². The third kappa shape index (κ3) is 4.66. The molecule has 1 rings (SSSR count). The van der Waals surface area contributed by atoms with Gasteiger partial charge in [0.25, 0.3) is 5.91 Å². The smallest absolute Gasteiger partial charge is 0.251 e. The second kappa shape index (κ2) is 6.99. The molecule has 0 aliphatic rings. The van der Waals surface area contributed by atoms with Crippen LogP contribution in [-0.4, -0.2) is 37.5 Å². The zero-order valence-electron chi connectivity index (χ0n) is 9.96. The summed E-state index contributed by atoms with van der Waals surface area (Å²) in [6.07, 6.45) is 0. The Morgan fingerprint density at radius 3 is 2.82 bits per heavy atom. The van der Waals surface area contributed by atoms with E-state index < -0.39 is 0 Å². The van der Waals surface area contributed by atoms with Gasteiger partial charge < -0.3 is 10.2 Å². The molecule has 5 heteroatoms. The third-order valence-corrected chi connectivity index (χ3v) is 3.71. The summed E-state index contributed by atoms with van der Waals surface area (Å²) in [4.78, 5) is 13.9. The van der Waals surface area contributed by atoms with Crippen LogP contribution in [0, 0.1) is 0 Å². The SMILES string of the molecule is CCN(C)CCNC(=O)c1ccc(Cl)c(Br)c1. The highest BCUT2D eigenvalue weighted by Gasteiger charge is 2.07. The number of nitrogens with one attached hydrogen (secondary N) is 1. The number of amides is 1. The number of hydrogen-bond acceptors (Lipinski definition) is 2. The lowest BCUT2D eigenvalue weighted by Gasteiger charge is -2.14. The van der Waals surface area contributed by atoms with Crippen LogP contribution in [0.4, 0.5) is 0 Å². The van der Waals surface area contributed by atoms with E-state index in [0.717, 1.165) is 17.6 Å². The van der Waals surface area contributed by atoms with Gasteiger partial charge >= 0.3 is 0 Å². The summed E-state index contributed by atoms with van der Waals surface area (Å²) < 4.78 is 0.734. The molecule has 0 bridgehead atoms. The van der Waals surface area contributed by atoms with Crippen molar-refractivity contribution in [1.82, 2.24) is 10.2 Å².